The Morgan fingerprint density at radius 2 is 2.50 bits per heavy atom. The van der Waals surface area contributed by atoms with E-state index in [2.05, 4.69) is 11.4 Å². The number of rotatable bonds is 2. The molecule has 10 heavy (non-hydrogen) atoms. The van der Waals surface area contributed by atoms with Crippen molar-refractivity contribution in [2.45, 2.75) is 12.8 Å². The smallest absolute Gasteiger partial charge is 0.0732 e. The minimum Gasteiger partial charge on any atom is -0.396 e. The number of nitriles is 1. The lowest BCUT2D eigenvalue weighted by molar-refractivity contribution is 0.234. The van der Waals surface area contributed by atoms with Crippen molar-refractivity contribution in [1.82, 2.24) is 5.32 Å². The van der Waals surface area contributed by atoms with E-state index in [4.69, 9.17) is 10.4 Å². The SMILES string of the molecule is N#CC1(CCO)CCNC1. The van der Waals surface area contributed by atoms with Crippen LogP contribution in [0.25, 0.3) is 0 Å². The van der Waals surface area contributed by atoms with Gasteiger partial charge in [-0.3, -0.25) is 0 Å². The maximum atomic E-state index is 8.75. The van der Waals surface area contributed by atoms with Gasteiger partial charge in [0.05, 0.1) is 11.5 Å². The van der Waals surface area contributed by atoms with E-state index in [9.17, 15) is 0 Å². The van der Waals surface area contributed by atoms with Gasteiger partial charge < -0.3 is 10.4 Å². The summed E-state index contributed by atoms with van der Waals surface area (Å²) in [6.07, 6.45) is 1.49. The second-order valence-electron chi connectivity index (χ2n) is 2.79. The van der Waals surface area contributed by atoms with Crippen LogP contribution >= 0.6 is 0 Å². The summed E-state index contributed by atoms with van der Waals surface area (Å²) < 4.78 is 0. The van der Waals surface area contributed by atoms with Gasteiger partial charge in [-0.1, -0.05) is 0 Å². The summed E-state index contributed by atoms with van der Waals surface area (Å²) in [4.78, 5) is 0. The highest BCUT2D eigenvalue weighted by atomic mass is 16.3. The lowest BCUT2D eigenvalue weighted by Gasteiger charge is -2.16. The van der Waals surface area contributed by atoms with Crippen molar-refractivity contribution in [3.05, 3.63) is 0 Å². The number of aliphatic hydroxyl groups excluding tert-OH is 1. The standard InChI is InChI=1S/C7H12N2O/c8-5-7(2-4-10)1-3-9-6-7/h9-10H,1-4,6H2. The van der Waals surface area contributed by atoms with Crippen molar-refractivity contribution in [1.29, 1.82) is 5.26 Å². The molecule has 3 nitrogen and oxygen atoms in total. The predicted octanol–water partition coefficient (Wildman–Crippen LogP) is -0.128. The summed E-state index contributed by atoms with van der Waals surface area (Å²) in [5.74, 6) is 0. The van der Waals surface area contributed by atoms with Crippen LogP contribution in [-0.2, 0) is 0 Å². The lowest BCUT2D eigenvalue weighted by Crippen LogP contribution is -2.23. The van der Waals surface area contributed by atoms with Crippen LogP contribution in [0.4, 0.5) is 0 Å². The van der Waals surface area contributed by atoms with Crippen LogP contribution in [0.1, 0.15) is 12.8 Å². The summed E-state index contributed by atoms with van der Waals surface area (Å²) >= 11 is 0. The molecule has 56 valence electrons. The average molecular weight is 140 g/mol. The molecule has 1 unspecified atom stereocenters. The van der Waals surface area contributed by atoms with Gasteiger partial charge in [0.2, 0.25) is 0 Å². The molecule has 1 heterocycles. The molecule has 1 fully saturated rings. The van der Waals surface area contributed by atoms with Gasteiger partial charge in [-0.25, -0.2) is 0 Å². The Morgan fingerprint density at radius 3 is 2.90 bits per heavy atom. The van der Waals surface area contributed by atoms with Crippen molar-refractivity contribution in [3.63, 3.8) is 0 Å². The van der Waals surface area contributed by atoms with E-state index in [-0.39, 0.29) is 12.0 Å². The van der Waals surface area contributed by atoms with Gasteiger partial charge in [0.1, 0.15) is 0 Å². The number of aliphatic hydroxyl groups is 1. The minimum absolute atomic E-state index is 0.120. The van der Waals surface area contributed by atoms with Crippen LogP contribution < -0.4 is 5.32 Å². The fraction of sp³-hybridized carbons (Fsp3) is 0.857. The van der Waals surface area contributed by atoms with Gasteiger partial charge in [0.15, 0.2) is 0 Å². The Kier molecular flexibility index (Phi) is 2.25. The van der Waals surface area contributed by atoms with Gasteiger partial charge in [-0.2, -0.15) is 5.26 Å². The molecule has 0 bridgehead atoms. The van der Waals surface area contributed by atoms with Gasteiger partial charge in [-0.05, 0) is 19.4 Å². The van der Waals surface area contributed by atoms with Crippen LogP contribution in [0, 0.1) is 16.7 Å². The minimum atomic E-state index is -0.269. The zero-order valence-electron chi connectivity index (χ0n) is 5.93. The summed E-state index contributed by atoms with van der Waals surface area (Å²) in [6, 6.07) is 2.26. The molecule has 0 aromatic heterocycles. The molecule has 1 atom stereocenters. The number of nitrogens with zero attached hydrogens (tertiary/aromatic N) is 1. The maximum Gasteiger partial charge on any atom is 0.0732 e. The van der Waals surface area contributed by atoms with Gasteiger partial charge >= 0.3 is 0 Å². The molecular weight excluding hydrogens is 128 g/mol. The molecule has 1 aliphatic rings. The normalized spacial score (nSPS) is 32.0. The Labute approximate surface area is 60.7 Å². The molecule has 0 aliphatic carbocycles. The monoisotopic (exact) mass is 140 g/mol. The second-order valence-corrected chi connectivity index (χ2v) is 2.79. The van der Waals surface area contributed by atoms with E-state index < -0.39 is 0 Å². The number of hydrogen-bond donors (Lipinski definition) is 2. The Balaban J connectivity index is 2.51. The first-order valence-corrected chi connectivity index (χ1v) is 3.56. The van der Waals surface area contributed by atoms with Crippen molar-refractivity contribution in [2.24, 2.45) is 5.41 Å². The fourth-order valence-electron chi connectivity index (χ4n) is 1.32. The zero-order chi connectivity index (χ0) is 7.45. The quantitative estimate of drug-likeness (QED) is 0.562. The molecule has 0 spiro atoms. The predicted molar refractivity (Wildman–Crippen MR) is 37.2 cm³/mol. The van der Waals surface area contributed by atoms with Crippen LogP contribution in [0.2, 0.25) is 0 Å². The highest BCUT2D eigenvalue weighted by Gasteiger charge is 2.32. The average Bonchev–Trinajstić information content (AvgIpc) is 2.39. The van der Waals surface area contributed by atoms with Gasteiger partial charge in [0, 0.05) is 13.2 Å². The van der Waals surface area contributed by atoms with Crippen molar-refractivity contribution in [3.8, 4) is 6.07 Å². The lowest BCUT2D eigenvalue weighted by atomic mass is 9.86. The number of nitrogens with one attached hydrogen (secondary N) is 1. The fourth-order valence-corrected chi connectivity index (χ4v) is 1.32. The molecule has 0 aromatic rings. The summed E-state index contributed by atoms with van der Waals surface area (Å²) in [6.45, 7) is 1.77. The third-order valence-electron chi connectivity index (χ3n) is 2.07. The Morgan fingerprint density at radius 1 is 1.70 bits per heavy atom. The zero-order valence-corrected chi connectivity index (χ0v) is 5.93. The summed E-state index contributed by atoms with van der Waals surface area (Å²) in [5, 5.41) is 20.5. The first-order chi connectivity index (χ1) is 4.83. The van der Waals surface area contributed by atoms with E-state index in [1.807, 2.05) is 0 Å². The second kappa shape index (κ2) is 3.00. The van der Waals surface area contributed by atoms with Crippen molar-refractivity contribution < 1.29 is 5.11 Å². The van der Waals surface area contributed by atoms with Gasteiger partial charge in [0.25, 0.3) is 0 Å². The third kappa shape index (κ3) is 1.28. The van der Waals surface area contributed by atoms with Crippen LogP contribution in [0.3, 0.4) is 0 Å². The summed E-state index contributed by atoms with van der Waals surface area (Å²) in [5.41, 5.74) is -0.269. The van der Waals surface area contributed by atoms with Gasteiger partial charge in [-0.15, -0.1) is 0 Å². The van der Waals surface area contributed by atoms with E-state index in [1.165, 1.54) is 0 Å². The maximum absolute atomic E-state index is 8.75. The molecule has 3 heteroatoms. The third-order valence-corrected chi connectivity index (χ3v) is 2.07. The molecular formula is C7H12N2O. The topological polar surface area (TPSA) is 56.0 Å². The molecule has 1 aliphatic heterocycles. The highest BCUT2D eigenvalue weighted by molar-refractivity contribution is 5.03. The molecule has 0 amide bonds. The number of hydrogen-bond acceptors (Lipinski definition) is 3. The van der Waals surface area contributed by atoms with Crippen molar-refractivity contribution >= 4 is 0 Å². The molecule has 2 N–H and O–H groups in total. The Bertz CT molecular complexity index is 144. The summed E-state index contributed by atoms with van der Waals surface area (Å²) in [7, 11) is 0. The van der Waals surface area contributed by atoms with Crippen LogP contribution in [-0.4, -0.2) is 24.8 Å². The largest absolute Gasteiger partial charge is 0.396 e. The Hall–Kier alpha value is -0.590. The van der Waals surface area contributed by atoms with Crippen LogP contribution in [0.15, 0.2) is 0 Å². The van der Waals surface area contributed by atoms with E-state index >= 15 is 0 Å². The first kappa shape index (κ1) is 7.52. The highest BCUT2D eigenvalue weighted by Crippen LogP contribution is 2.27. The molecule has 1 saturated heterocycles. The van der Waals surface area contributed by atoms with E-state index in [1.54, 1.807) is 0 Å². The molecule has 0 aromatic carbocycles. The first-order valence-electron chi connectivity index (χ1n) is 3.56. The molecule has 0 saturated carbocycles. The van der Waals surface area contributed by atoms with Crippen LogP contribution in [0.5, 0.6) is 0 Å². The molecule has 1 rings (SSSR count). The van der Waals surface area contributed by atoms with E-state index in [0.717, 1.165) is 19.5 Å². The van der Waals surface area contributed by atoms with E-state index in [0.29, 0.717) is 6.42 Å². The molecule has 0 radical (unpaired) electrons. The van der Waals surface area contributed by atoms with Crippen molar-refractivity contribution in [2.75, 3.05) is 19.7 Å².